The third-order valence-corrected chi connectivity index (χ3v) is 2.01. The highest BCUT2D eigenvalue weighted by Gasteiger charge is 2.07. The summed E-state index contributed by atoms with van der Waals surface area (Å²) in [6.07, 6.45) is 0. The van der Waals surface area contributed by atoms with Crippen molar-refractivity contribution in [3.8, 4) is 5.75 Å². The van der Waals surface area contributed by atoms with Crippen LogP contribution in [0.5, 0.6) is 5.75 Å². The van der Waals surface area contributed by atoms with Crippen molar-refractivity contribution < 1.29 is 4.74 Å². The van der Waals surface area contributed by atoms with Crippen LogP contribution in [0.25, 0.3) is 0 Å². The number of anilines is 1. The molecule has 0 heterocycles. The van der Waals surface area contributed by atoms with Crippen LogP contribution < -0.4 is 15.4 Å². The fourth-order valence-corrected chi connectivity index (χ4v) is 1.37. The number of ether oxygens (including phenoxy) is 1. The van der Waals surface area contributed by atoms with Gasteiger partial charge in [-0.25, -0.2) is 0 Å². The van der Waals surface area contributed by atoms with E-state index in [4.69, 9.17) is 10.5 Å². The van der Waals surface area contributed by atoms with Crippen molar-refractivity contribution in [1.82, 2.24) is 0 Å². The van der Waals surface area contributed by atoms with Gasteiger partial charge in [-0.2, -0.15) is 0 Å². The molecule has 1 aromatic rings. The van der Waals surface area contributed by atoms with Crippen molar-refractivity contribution in [2.24, 2.45) is 5.73 Å². The van der Waals surface area contributed by atoms with Crippen molar-refractivity contribution in [3.63, 3.8) is 0 Å². The molecular formula is C10H16N2O. The molecule has 0 saturated heterocycles. The Morgan fingerprint density at radius 3 is 2.54 bits per heavy atom. The van der Waals surface area contributed by atoms with Crippen molar-refractivity contribution in [2.75, 3.05) is 26.1 Å². The molecular weight excluding hydrogens is 164 g/mol. The van der Waals surface area contributed by atoms with Gasteiger partial charge in [0, 0.05) is 31.9 Å². The van der Waals surface area contributed by atoms with Gasteiger partial charge < -0.3 is 15.4 Å². The van der Waals surface area contributed by atoms with Gasteiger partial charge in [0.25, 0.3) is 0 Å². The van der Waals surface area contributed by atoms with E-state index in [-0.39, 0.29) is 0 Å². The number of hydrogen-bond donors (Lipinski definition) is 1. The van der Waals surface area contributed by atoms with Gasteiger partial charge in [0.1, 0.15) is 5.75 Å². The second-order valence-corrected chi connectivity index (χ2v) is 3.06. The molecule has 1 rings (SSSR count). The van der Waals surface area contributed by atoms with Crippen molar-refractivity contribution in [1.29, 1.82) is 0 Å². The lowest BCUT2D eigenvalue weighted by molar-refractivity contribution is 0.410. The highest BCUT2D eigenvalue weighted by molar-refractivity contribution is 5.58. The van der Waals surface area contributed by atoms with E-state index < -0.39 is 0 Å². The SMILES string of the molecule is COc1cccc(N(C)C)c1CN. The quantitative estimate of drug-likeness (QED) is 0.760. The van der Waals surface area contributed by atoms with E-state index in [1.54, 1.807) is 7.11 Å². The van der Waals surface area contributed by atoms with Crippen LogP contribution in [0.3, 0.4) is 0 Å². The molecule has 13 heavy (non-hydrogen) atoms. The highest BCUT2D eigenvalue weighted by atomic mass is 16.5. The molecule has 0 spiro atoms. The average Bonchev–Trinajstić information content (AvgIpc) is 2.16. The van der Waals surface area contributed by atoms with Crippen LogP contribution in [0.15, 0.2) is 18.2 Å². The first-order valence-electron chi connectivity index (χ1n) is 4.24. The molecule has 0 aliphatic carbocycles. The second kappa shape index (κ2) is 4.14. The van der Waals surface area contributed by atoms with Gasteiger partial charge in [-0.1, -0.05) is 6.07 Å². The van der Waals surface area contributed by atoms with Gasteiger partial charge in [-0.15, -0.1) is 0 Å². The van der Waals surface area contributed by atoms with E-state index in [1.165, 1.54) is 0 Å². The summed E-state index contributed by atoms with van der Waals surface area (Å²) >= 11 is 0. The minimum absolute atomic E-state index is 0.498. The minimum atomic E-state index is 0.498. The largest absolute Gasteiger partial charge is 0.496 e. The normalized spacial score (nSPS) is 9.85. The summed E-state index contributed by atoms with van der Waals surface area (Å²) in [4.78, 5) is 2.03. The van der Waals surface area contributed by atoms with Crippen LogP contribution in [-0.2, 0) is 6.54 Å². The molecule has 0 atom stereocenters. The zero-order valence-corrected chi connectivity index (χ0v) is 8.37. The second-order valence-electron chi connectivity index (χ2n) is 3.06. The van der Waals surface area contributed by atoms with Crippen molar-refractivity contribution >= 4 is 5.69 Å². The van der Waals surface area contributed by atoms with E-state index in [0.29, 0.717) is 6.54 Å². The van der Waals surface area contributed by atoms with Gasteiger partial charge in [0.05, 0.1) is 7.11 Å². The van der Waals surface area contributed by atoms with Crippen LogP contribution in [0.2, 0.25) is 0 Å². The summed E-state index contributed by atoms with van der Waals surface area (Å²) in [5.41, 5.74) is 7.82. The Bertz CT molecular complexity index is 284. The predicted octanol–water partition coefficient (Wildman–Crippen LogP) is 1.22. The summed E-state index contributed by atoms with van der Waals surface area (Å²) < 4.78 is 5.22. The third kappa shape index (κ3) is 1.92. The summed E-state index contributed by atoms with van der Waals surface area (Å²) in [5, 5.41) is 0. The van der Waals surface area contributed by atoms with Crippen LogP contribution in [0.1, 0.15) is 5.56 Å². The molecule has 72 valence electrons. The smallest absolute Gasteiger partial charge is 0.125 e. The lowest BCUT2D eigenvalue weighted by Crippen LogP contribution is -2.13. The van der Waals surface area contributed by atoms with Gasteiger partial charge >= 0.3 is 0 Å². The standard InChI is InChI=1S/C10H16N2O/c1-12(2)9-5-4-6-10(13-3)8(9)7-11/h4-6H,7,11H2,1-3H3. The molecule has 0 aliphatic heterocycles. The number of hydrogen-bond acceptors (Lipinski definition) is 3. The van der Waals surface area contributed by atoms with E-state index >= 15 is 0 Å². The highest BCUT2D eigenvalue weighted by Crippen LogP contribution is 2.27. The van der Waals surface area contributed by atoms with Gasteiger partial charge in [-0.3, -0.25) is 0 Å². The van der Waals surface area contributed by atoms with Gasteiger partial charge in [0.2, 0.25) is 0 Å². The Morgan fingerprint density at radius 2 is 2.08 bits per heavy atom. The number of rotatable bonds is 3. The summed E-state index contributed by atoms with van der Waals surface area (Å²) in [6, 6.07) is 5.92. The Balaban J connectivity index is 3.19. The Labute approximate surface area is 79.1 Å². The molecule has 0 aromatic heterocycles. The lowest BCUT2D eigenvalue weighted by atomic mass is 10.1. The van der Waals surface area contributed by atoms with E-state index in [1.807, 2.05) is 37.2 Å². The Morgan fingerprint density at radius 1 is 1.38 bits per heavy atom. The first-order valence-corrected chi connectivity index (χ1v) is 4.24. The zero-order valence-electron chi connectivity index (χ0n) is 8.37. The topological polar surface area (TPSA) is 38.5 Å². The molecule has 0 amide bonds. The molecule has 0 fully saturated rings. The predicted molar refractivity (Wildman–Crippen MR) is 55.2 cm³/mol. The maximum Gasteiger partial charge on any atom is 0.125 e. The fraction of sp³-hybridized carbons (Fsp3) is 0.400. The van der Waals surface area contributed by atoms with E-state index in [0.717, 1.165) is 17.0 Å². The summed E-state index contributed by atoms with van der Waals surface area (Å²) in [7, 11) is 5.65. The van der Waals surface area contributed by atoms with Crippen molar-refractivity contribution in [3.05, 3.63) is 23.8 Å². The van der Waals surface area contributed by atoms with Crippen molar-refractivity contribution in [2.45, 2.75) is 6.54 Å². The van der Waals surface area contributed by atoms with E-state index in [2.05, 4.69) is 0 Å². The molecule has 2 N–H and O–H groups in total. The molecule has 1 aromatic carbocycles. The first-order chi connectivity index (χ1) is 6.20. The summed E-state index contributed by atoms with van der Waals surface area (Å²) in [6.45, 7) is 0.498. The number of methoxy groups -OCH3 is 1. The number of nitrogens with zero attached hydrogens (tertiary/aromatic N) is 1. The molecule has 0 bridgehead atoms. The monoisotopic (exact) mass is 180 g/mol. The van der Waals surface area contributed by atoms with Crippen LogP contribution >= 0.6 is 0 Å². The average molecular weight is 180 g/mol. The number of nitrogens with two attached hydrogens (primary N) is 1. The number of benzene rings is 1. The molecule has 3 nitrogen and oxygen atoms in total. The molecule has 0 unspecified atom stereocenters. The van der Waals surface area contributed by atoms with E-state index in [9.17, 15) is 0 Å². The van der Waals surface area contributed by atoms with Crippen LogP contribution in [0, 0.1) is 0 Å². The van der Waals surface area contributed by atoms with Crippen LogP contribution in [0.4, 0.5) is 5.69 Å². The Kier molecular flexibility index (Phi) is 3.14. The maximum atomic E-state index is 5.66. The first kappa shape index (κ1) is 9.86. The zero-order chi connectivity index (χ0) is 9.84. The molecule has 0 saturated carbocycles. The Hall–Kier alpha value is -1.22. The summed E-state index contributed by atoms with van der Waals surface area (Å²) in [5.74, 6) is 0.855. The third-order valence-electron chi connectivity index (χ3n) is 2.01. The van der Waals surface area contributed by atoms with Gasteiger partial charge in [0.15, 0.2) is 0 Å². The molecule has 3 heteroatoms. The van der Waals surface area contributed by atoms with Gasteiger partial charge in [-0.05, 0) is 12.1 Å². The minimum Gasteiger partial charge on any atom is -0.496 e. The molecule has 0 radical (unpaired) electrons. The maximum absolute atomic E-state index is 5.66. The van der Waals surface area contributed by atoms with Crippen LogP contribution in [-0.4, -0.2) is 21.2 Å². The fourth-order valence-electron chi connectivity index (χ4n) is 1.37. The molecule has 0 aliphatic rings. The lowest BCUT2D eigenvalue weighted by Gasteiger charge is -2.18.